The highest BCUT2D eigenvalue weighted by molar-refractivity contribution is 5.42. The summed E-state index contributed by atoms with van der Waals surface area (Å²) in [6.07, 6.45) is 1.79. The normalized spacial score (nSPS) is 12.6. The van der Waals surface area contributed by atoms with Gasteiger partial charge in [-0.25, -0.2) is 9.18 Å². The van der Waals surface area contributed by atoms with Crippen molar-refractivity contribution >= 4 is 0 Å². The number of nitrogens with one attached hydrogen (secondary N) is 1. The van der Waals surface area contributed by atoms with Gasteiger partial charge in [-0.1, -0.05) is 39.0 Å². The number of aromatic nitrogens is 2. The number of benzene rings is 2. The minimum absolute atomic E-state index is 0.0689. The maximum absolute atomic E-state index is 13.3. The van der Waals surface area contributed by atoms with Crippen molar-refractivity contribution in [2.24, 2.45) is 5.41 Å². The van der Waals surface area contributed by atoms with E-state index < -0.39 is 0 Å². The summed E-state index contributed by atoms with van der Waals surface area (Å²) < 4.78 is 16.5. The third-order valence-electron chi connectivity index (χ3n) is 4.90. The largest absolute Gasteiger partial charge is 0.334 e. The SMILES string of the molecule is Cc1cn(CN[C@@H](c2ccc(F)cc2)C(C)(C)C)c(=O)n1-c1cccc(C#N)c1. The molecule has 0 aliphatic rings. The molecule has 5 nitrogen and oxygen atoms in total. The highest BCUT2D eigenvalue weighted by atomic mass is 19.1. The summed E-state index contributed by atoms with van der Waals surface area (Å²) >= 11 is 0. The number of hydrogen-bond acceptors (Lipinski definition) is 3. The van der Waals surface area contributed by atoms with Crippen molar-refractivity contribution in [2.75, 3.05) is 0 Å². The fourth-order valence-electron chi connectivity index (χ4n) is 3.53. The third-order valence-corrected chi connectivity index (χ3v) is 4.90. The molecule has 1 heterocycles. The monoisotopic (exact) mass is 392 g/mol. The summed E-state index contributed by atoms with van der Waals surface area (Å²) in [7, 11) is 0. The van der Waals surface area contributed by atoms with Crippen LogP contribution in [0.2, 0.25) is 0 Å². The van der Waals surface area contributed by atoms with Crippen molar-refractivity contribution in [3.8, 4) is 11.8 Å². The zero-order chi connectivity index (χ0) is 21.2. The molecule has 0 aliphatic carbocycles. The van der Waals surface area contributed by atoms with Crippen LogP contribution in [0.4, 0.5) is 4.39 Å². The molecule has 0 amide bonds. The minimum Gasteiger partial charge on any atom is -0.292 e. The Kier molecular flexibility index (Phi) is 5.71. The smallest absolute Gasteiger partial charge is 0.292 e. The van der Waals surface area contributed by atoms with Gasteiger partial charge in [0, 0.05) is 17.9 Å². The molecular weight excluding hydrogens is 367 g/mol. The predicted octanol–water partition coefficient (Wildman–Crippen LogP) is 4.29. The van der Waals surface area contributed by atoms with Gasteiger partial charge in [0.2, 0.25) is 0 Å². The quantitative estimate of drug-likeness (QED) is 0.704. The Morgan fingerprint density at radius 1 is 1.17 bits per heavy atom. The van der Waals surface area contributed by atoms with Gasteiger partial charge in [-0.05, 0) is 48.2 Å². The molecule has 2 aromatic carbocycles. The second-order valence-corrected chi connectivity index (χ2v) is 8.23. The molecule has 0 saturated carbocycles. The molecule has 0 spiro atoms. The van der Waals surface area contributed by atoms with Gasteiger partial charge < -0.3 is 0 Å². The van der Waals surface area contributed by atoms with E-state index in [-0.39, 0.29) is 23.0 Å². The maximum atomic E-state index is 13.3. The molecule has 150 valence electrons. The molecule has 0 bridgehead atoms. The molecule has 0 aliphatic heterocycles. The lowest BCUT2D eigenvalue weighted by molar-refractivity contribution is 0.255. The Hall–Kier alpha value is -3.17. The van der Waals surface area contributed by atoms with Crippen molar-refractivity contribution in [3.05, 3.63) is 87.9 Å². The number of halogens is 1. The molecule has 29 heavy (non-hydrogen) atoms. The molecule has 0 saturated heterocycles. The van der Waals surface area contributed by atoms with Crippen molar-refractivity contribution in [1.82, 2.24) is 14.5 Å². The zero-order valence-electron chi connectivity index (χ0n) is 17.1. The topological polar surface area (TPSA) is 62.8 Å². The van der Waals surface area contributed by atoms with Crippen LogP contribution in [0.5, 0.6) is 0 Å². The molecule has 1 N–H and O–H groups in total. The molecule has 0 unspecified atom stereocenters. The van der Waals surface area contributed by atoms with E-state index in [9.17, 15) is 9.18 Å². The van der Waals surface area contributed by atoms with Crippen molar-refractivity contribution in [1.29, 1.82) is 5.26 Å². The van der Waals surface area contributed by atoms with Crippen LogP contribution in [0.3, 0.4) is 0 Å². The van der Waals surface area contributed by atoms with E-state index in [0.717, 1.165) is 11.3 Å². The number of imidazole rings is 1. The Bertz CT molecular complexity index is 1100. The molecule has 0 radical (unpaired) electrons. The maximum Gasteiger partial charge on any atom is 0.334 e. The van der Waals surface area contributed by atoms with E-state index in [0.29, 0.717) is 17.9 Å². The Morgan fingerprint density at radius 3 is 2.48 bits per heavy atom. The Labute approximate surface area is 170 Å². The molecular formula is C23H25FN4O. The van der Waals surface area contributed by atoms with E-state index in [1.165, 1.54) is 12.1 Å². The molecule has 3 rings (SSSR count). The summed E-state index contributed by atoms with van der Waals surface area (Å²) in [6.45, 7) is 8.46. The summed E-state index contributed by atoms with van der Waals surface area (Å²) in [4.78, 5) is 13.0. The number of hydrogen-bond donors (Lipinski definition) is 1. The summed E-state index contributed by atoms with van der Waals surface area (Å²) in [5.74, 6) is -0.273. The second kappa shape index (κ2) is 8.06. The Morgan fingerprint density at radius 2 is 1.86 bits per heavy atom. The van der Waals surface area contributed by atoms with Gasteiger partial charge in [0.25, 0.3) is 0 Å². The van der Waals surface area contributed by atoms with Gasteiger partial charge in [0.05, 0.1) is 24.0 Å². The highest BCUT2D eigenvalue weighted by Gasteiger charge is 2.26. The van der Waals surface area contributed by atoms with E-state index in [2.05, 4.69) is 32.2 Å². The summed E-state index contributed by atoms with van der Waals surface area (Å²) in [5, 5.41) is 12.6. The number of nitriles is 1. The first kappa shape index (κ1) is 20.6. The van der Waals surface area contributed by atoms with E-state index in [1.54, 1.807) is 45.7 Å². The zero-order valence-corrected chi connectivity index (χ0v) is 17.1. The fourth-order valence-corrected chi connectivity index (χ4v) is 3.53. The van der Waals surface area contributed by atoms with Gasteiger partial charge in [-0.3, -0.25) is 14.5 Å². The van der Waals surface area contributed by atoms with Gasteiger partial charge in [0.15, 0.2) is 0 Å². The summed E-state index contributed by atoms with van der Waals surface area (Å²) in [6, 6.07) is 15.4. The van der Waals surface area contributed by atoms with Crippen LogP contribution in [0.1, 0.15) is 43.6 Å². The Balaban J connectivity index is 1.89. The predicted molar refractivity (Wildman–Crippen MR) is 111 cm³/mol. The van der Waals surface area contributed by atoms with E-state index >= 15 is 0 Å². The van der Waals surface area contributed by atoms with Crippen molar-refractivity contribution in [2.45, 2.75) is 40.4 Å². The van der Waals surface area contributed by atoms with Crippen LogP contribution >= 0.6 is 0 Å². The van der Waals surface area contributed by atoms with Gasteiger partial charge in [-0.15, -0.1) is 0 Å². The van der Waals surface area contributed by atoms with Crippen LogP contribution < -0.4 is 11.0 Å². The van der Waals surface area contributed by atoms with Gasteiger partial charge in [-0.2, -0.15) is 5.26 Å². The van der Waals surface area contributed by atoms with Crippen LogP contribution in [-0.2, 0) is 6.67 Å². The summed E-state index contributed by atoms with van der Waals surface area (Å²) in [5.41, 5.74) is 2.59. The lowest BCUT2D eigenvalue weighted by atomic mass is 9.82. The van der Waals surface area contributed by atoms with Crippen LogP contribution in [0.25, 0.3) is 5.69 Å². The molecule has 6 heteroatoms. The van der Waals surface area contributed by atoms with Crippen molar-refractivity contribution in [3.63, 3.8) is 0 Å². The lowest BCUT2D eigenvalue weighted by Gasteiger charge is -2.32. The minimum atomic E-state index is -0.273. The number of aryl methyl sites for hydroxylation is 1. The standard InChI is InChI=1S/C23H25FN4O/c1-16-14-27(22(29)28(16)20-7-5-6-17(12-20)13-25)15-26-21(23(2,3)4)18-8-10-19(24)11-9-18/h5-12,14,21,26H,15H2,1-4H3/t21-/m0/s1. The molecule has 1 atom stereocenters. The van der Waals surface area contributed by atoms with Crippen LogP contribution in [0, 0.1) is 29.5 Å². The van der Waals surface area contributed by atoms with Crippen LogP contribution in [-0.4, -0.2) is 9.13 Å². The fraction of sp³-hybridized carbons (Fsp3) is 0.304. The lowest BCUT2D eigenvalue weighted by Crippen LogP contribution is -2.36. The first-order chi connectivity index (χ1) is 13.7. The molecule has 0 fully saturated rings. The van der Waals surface area contributed by atoms with Crippen LogP contribution in [0.15, 0.2) is 59.5 Å². The first-order valence-electron chi connectivity index (χ1n) is 9.49. The van der Waals surface area contributed by atoms with Gasteiger partial charge in [0.1, 0.15) is 5.82 Å². The average molecular weight is 392 g/mol. The van der Waals surface area contributed by atoms with E-state index in [4.69, 9.17) is 5.26 Å². The number of rotatable bonds is 5. The third kappa shape index (κ3) is 4.47. The van der Waals surface area contributed by atoms with Gasteiger partial charge >= 0.3 is 5.69 Å². The number of nitrogens with zero attached hydrogens (tertiary/aromatic N) is 3. The van der Waals surface area contributed by atoms with Crippen molar-refractivity contribution < 1.29 is 4.39 Å². The second-order valence-electron chi connectivity index (χ2n) is 8.23. The highest BCUT2D eigenvalue weighted by Crippen LogP contribution is 2.32. The first-order valence-corrected chi connectivity index (χ1v) is 9.49. The average Bonchev–Trinajstić information content (AvgIpc) is 2.96. The molecule has 3 aromatic rings. The molecule has 1 aromatic heterocycles. The van der Waals surface area contributed by atoms with E-state index in [1.807, 2.05) is 13.0 Å².